The fourth-order valence-corrected chi connectivity index (χ4v) is 4.02. The molecule has 4 rings (SSSR count). The lowest BCUT2D eigenvalue weighted by Gasteiger charge is -2.45. The Labute approximate surface area is 184 Å². The van der Waals surface area contributed by atoms with E-state index >= 15 is 0 Å². The third kappa shape index (κ3) is 4.30. The van der Waals surface area contributed by atoms with Crippen LogP contribution in [0.1, 0.15) is 22.7 Å². The number of urea groups is 1. The lowest BCUT2D eigenvalue weighted by atomic mass is 9.82. The zero-order chi connectivity index (χ0) is 22.7. The Hall–Kier alpha value is -3.81. The molecule has 6 nitrogen and oxygen atoms in total. The SMILES string of the molecule is Nc1cc(C[C@H]2C(=O)N(C(=O)NC(c3ccccc3)c3ccccc3)C2C(F)F)ccn1. The molecule has 0 radical (unpaired) electrons. The molecular weight excluding hydrogens is 414 g/mol. The van der Waals surface area contributed by atoms with E-state index in [1.807, 2.05) is 60.7 Å². The van der Waals surface area contributed by atoms with Crippen molar-refractivity contribution in [2.45, 2.75) is 24.9 Å². The molecular formula is C24H22F2N4O2. The smallest absolute Gasteiger partial charge is 0.325 e. The standard InChI is InChI=1S/C24H22F2N4O2/c25-22(26)21-18(13-15-11-12-28-19(27)14-15)23(31)30(21)24(32)29-20(16-7-3-1-4-8-16)17-9-5-2-6-10-17/h1-12,14,18,20-22H,13H2,(H2,27,28)(H,29,32)/t18-,21?/m1/s1. The predicted octanol–water partition coefficient (Wildman–Crippen LogP) is 3.80. The summed E-state index contributed by atoms with van der Waals surface area (Å²) in [5.74, 6) is -1.40. The second-order valence-corrected chi connectivity index (χ2v) is 7.64. The summed E-state index contributed by atoms with van der Waals surface area (Å²) >= 11 is 0. The number of β-lactam (4-membered cyclic amide) rings is 1. The van der Waals surface area contributed by atoms with Crippen LogP contribution >= 0.6 is 0 Å². The van der Waals surface area contributed by atoms with Gasteiger partial charge in [0.2, 0.25) is 5.91 Å². The first-order chi connectivity index (χ1) is 15.5. The van der Waals surface area contributed by atoms with Crippen molar-refractivity contribution in [2.75, 3.05) is 5.73 Å². The van der Waals surface area contributed by atoms with E-state index in [2.05, 4.69) is 10.3 Å². The number of halogens is 2. The van der Waals surface area contributed by atoms with Crippen LogP contribution in [-0.2, 0) is 11.2 Å². The number of carbonyl (C=O) groups excluding carboxylic acids is 2. The van der Waals surface area contributed by atoms with Crippen molar-refractivity contribution in [3.63, 3.8) is 0 Å². The Bertz CT molecular complexity index is 1060. The van der Waals surface area contributed by atoms with Crippen LogP contribution < -0.4 is 11.1 Å². The highest BCUT2D eigenvalue weighted by molar-refractivity contribution is 6.01. The number of hydrogen-bond acceptors (Lipinski definition) is 4. The van der Waals surface area contributed by atoms with Gasteiger partial charge >= 0.3 is 6.03 Å². The molecule has 0 saturated carbocycles. The minimum absolute atomic E-state index is 0.0607. The number of imide groups is 1. The quantitative estimate of drug-likeness (QED) is 0.576. The maximum absolute atomic E-state index is 13.9. The maximum atomic E-state index is 13.9. The van der Waals surface area contributed by atoms with Gasteiger partial charge in [-0.3, -0.25) is 9.69 Å². The Morgan fingerprint density at radius 1 is 1.03 bits per heavy atom. The van der Waals surface area contributed by atoms with Crippen molar-refractivity contribution in [3.05, 3.63) is 95.7 Å². The van der Waals surface area contributed by atoms with Gasteiger partial charge in [0.1, 0.15) is 11.9 Å². The van der Waals surface area contributed by atoms with E-state index in [1.165, 1.54) is 6.20 Å². The Morgan fingerprint density at radius 2 is 1.62 bits per heavy atom. The van der Waals surface area contributed by atoms with Gasteiger partial charge in [0.25, 0.3) is 6.43 Å². The zero-order valence-electron chi connectivity index (χ0n) is 17.1. The molecule has 3 amide bonds. The van der Waals surface area contributed by atoms with Crippen molar-refractivity contribution in [1.82, 2.24) is 15.2 Å². The van der Waals surface area contributed by atoms with Crippen molar-refractivity contribution in [1.29, 1.82) is 0 Å². The highest BCUT2D eigenvalue weighted by Gasteiger charge is 2.55. The number of nitrogens with one attached hydrogen (secondary N) is 1. The lowest BCUT2D eigenvalue weighted by Crippen LogP contribution is -2.68. The fourth-order valence-electron chi connectivity index (χ4n) is 4.02. The normalized spacial score (nSPS) is 18.0. The van der Waals surface area contributed by atoms with Gasteiger partial charge in [0.05, 0.1) is 12.0 Å². The van der Waals surface area contributed by atoms with Crippen molar-refractivity contribution >= 4 is 17.8 Å². The number of amides is 3. The van der Waals surface area contributed by atoms with Crippen LogP contribution in [0.15, 0.2) is 79.0 Å². The summed E-state index contributed by atoms with van der Waals surface area (Å²) in [5.41, 5.74) is 7.81. The summed E-state index contributed by atoms with van der Waals surface area (Å²) in [5, 5.41) is 2.76. The number of nitrogens with two attached hydrogens (primary N) is 1. The number of nitrogen functional groups attached to an aromatic ring is 1. The summed E-state index contributed by atoms with van der Waals surface area (Å²) in [7, 11) is 0. The molecule has 2 heterocycles. The van der Waals surface area contributed by atoms with Crippen LogP contribution in [-0.4, -0.2) is 34.3 Å². The second kappa shape index (κ2) is 9.13. The number of carbonyl (C=O) groups is 2. The summed E-state index contributed by atoms with van der Waals surface area (Å²) in [6.45, 7) is 0. The van der Waals surface area contributed by atoms with Gasteiger partial charge in [-0.05, 0) is 35.2 Å². The van der Waals surface area contributed by atoms with E-state index in [0.717, 1.165) is 11.1 Å². The van der Waals surface area contributed by atoms with E-state index in [1.54, 1.807) is 12.1 Å². The molecule has 1 aliphatic heterocycles. The number of nitrogens with zero attached hydrogens (tertiary/aromatic N) is 2. The molecule has 3 N–H and O–H groups in total. The molecule has 0 aliphatic carbocycles. The zero-order valence-corrected chi connectivity index (χ0v) is 17.1. The molecule has 32 heavy (non-hydrogen) atoms. The van der Waals surface area contributed by atoms with Crippen molar-refractivity contribution in [2.24, 2.45) is 5.92 Å². The number of benzene rings is 2. The van der Waals surface area contributed by atoms with Crippen LogP contribution in [0.3, 0.4) is 0 Å². The minimum Gasteiger partial charge on any atom is -0.384 e. The number of alkyl halides is 2. The van der Waals surface area contributed by atoms with Crippen LogP contribution in [0.5, 0.6) is 0 Å². The van der Waals surface area contributed by atoms with Gasteiger partial charge in [-0.25, -0.2) is 18.6 Å². The number of aromatic nitrogens is 1. The van der Waals surface area contributed by atoms with Gasteiger partial charge < -0.3 is 11.1 Å². The summed E-state index contributed by atoms with van der Waals surface area (Å²) in [6.07, 6.45) is -1.35. The average Bonchev–Trinajstić information content (AvgIpc) is 2.80. The number of likely N-dealkylation sites (tertiary alicyclic amines) is 1. The molecule has 8 heteroatoms. The first-order valence-corrected chi connectivity index (χ1v) is 10.2. The van der Waals surface area contributed by atoms with Crippen molar-refractivity contribution in [3.8, 4) is 0 Å². The number of rotatable bonds is 6. The molecule has 1 aliphatic rings. The monoisotopic (exact) mass is 436 g/mol. The minimum atomic E-state index is -2.87. The topological polar surface area (TPSA) is 88.3 Å². The van der Waals surface area contributed by atoms with Gasteiger partial charge in [0, 0.05) is 6.20 Å². The third-order valence-corrected chi connectivity index (χ3v) is 5.58. The largest absolute Gasteiger partial charge is 0.384 e. The molecule has 2 atom stereocenters. The Balaban J connectivity index is 1.55. The highest BCUT2D eigenvalue weighted by Crippen LogP contribution is 2.35. The van der Waals surface area contributed by atoms with Gasteiger partial charge in [0.15, 0.2) is 0 Å². The second-order valence-electron chi connectivity index (χ2n) is 7.64. The fraction of sp³-hybridized carbons (Fsp3) is 0.208. The molecule has 1 unspecified atom stereocenters. The van der Waals surface area contributed by atoms with Crippen LogP contribution in [0.4, 0.5) is 19.4 Å². The maximum Gasteiger partial charge on any atom is 0.325 e. The van der Waals surface area contributed by atoms with Crippen LogP contribution in [0, 0.1) is 5.92 Å². The van der Waals surface area contributed by atoms with E-state index < -0.39 is 36.4 Å². The van der Waals surface area contributed by atoms with Gasteiger partial charge in [-0.2, -0.15) is 0 Å². The Morgan fingerprint density at radius 3 is 2.16 bits per heavy atom. The molecule has 2 aromatic carbocycles. The van der Waals surface area contributed by atoms with Crippen molar-refractivity contribution < 1.29 is 18.4 Å². The van der Waals surface area contributed by atoms with Gasteiger partial charge in [-0.15, -0.1) is 0 Å². The molecule has 164 valence electrons. The van der Waals surface area contributed by atoms with E-state index in [9.17, 15) is 18.4 Å². The lowest BCUT2D eigenvalue weighted by molar-refractivity contribution is -0.159. The van der Waals surface area contributed by atoms with E-state index in [0.29, 0.717) is 10.5 Å². The van der Waals surface area contributed by atoms with Gasteiger partial charge in [-0.1, -0.05) is 60.7 Å². The molecule has 0 bridgehead atoms. The molecule has 1 aromatic heterocycles. The number of pyridine rings is 1. The molecule has 3 aromatic rings. The molecule has 1 fully saturated rings. The van der Waals surface area contributed by atoms with E-state index in [-0.39, 0.29) is 12.2 Å². The average molecular weight is 436 g/mol. The highest BCUT2D eigenvalue weighted by atomic mass is 19.3. The summed E-state index contributed by atoms with van der Waals surface area (Å²) in [4.78, 5) is 30.2. The third-order valence-electron chi connectivity index (χ3n) is 5.58. The summed E-state index contributed by atoms with van der Waals surface area (Å²) < 4.78 is 27.7. The molecule has 1 saturated heterocycles. The molecule has 0 spiro atoms. The number of anilines is 1. The van der Waals surface area contributed by atoms with Crippen LogP contribution in [0.25, 0.3) is 0 Å². The predicted molar refractivity (Wildman–Crippen MR) is 116 cm³/mol. The summed E-state index contributed by atoms with van der Waals surface area (Å²) in [6, 6.07) is 18.5. The first kappa shape index (κ1) is 21.4. The Kier molecular flexibility index (Phi) is 6.11. The van der Waals surface area contributed by atoms with E-state index in [4.69, 9.17) is 5.73 Å². The first-order valence-electron chi connectivity index (χ1n) is 10.2. The number of hydrogen-bond donors (Lipinski definition) is 2. The van der Waals surface area contributed by atoms with Crippen LogP contribution in [0.2, 0.25) is 0 Å².